The third-order valence-electron chi connectivity index (χ3n) is 3.66. The van der Waals surface area contributed by atoms with E-state index in [1.807, 2.05) is 12.1 Å². The molecule has 20 heavy (non-hydrogen) atoms. The van der Waals surface area contributed by atoms with Crippen molar-refractivity contribution in [3.8, 4) is 0 Å². The Morgan fingerprint density at radius 1 is 1.00 bits per heavy atom. The standard InChI is InChI=1S/C18H21FO/c1-13(2)15-6-4-14(5-7-15)12-18(3,20)16-8-10-17(19)11-9-16/h4-11,13,20H,12H2,1-3H3. The van der Waals surface area contributed by atoms with Crippen LogP contribution in [-0.2, 0) is 12.0 Å². The first-order chi connectivity index (χ1) is 9.38. The molecule has 0 fully saturated rings. The van der Waals surface area contributed by atoms with Crippen LogP contribution in [0.2, 0.25) is 0 Å². The van der Waals surface area contributed by atoms with Crippen molar-refractivity contribution in [3.63, 3.8) is 0 Å². The second-order valence-corrected chi connectivity index (χ2v) is 5.85. The van der Waals surface area contributed by atoms with E-state index in [-0.39, 0.29) is 5.82 Å². The lowest BCUT2D eigenvalue weighted by molar-refractivity contribution is 0.0575. The smallest absolute Gasteiger partial charge is 0.123 e. The van der Waals surface area contributed by atoms with Gasteiger partial charge in [0, 0.05) is 6.42 Å². The molecule has 0 amide bonds. The van der Waals surface area contributed by atoms with Gasteiger partial charge < -0.3 is 5.11 Å². The second-order valence-electron chi connectivity index (χ2n) is 5.85. The molecule has 1 N–H and O–H groups in total. The first-order valence-corrected chi connectivity index (χ1v) is 6.96. The van der Waals surface area contributed by atoms with Crippen molar-refractivity contribution in [3.05, 3.63) is 71.0 Å². The molecular formula is C18H21FO. The number of rotatable bonds is 4. The average molecular weight is 272 g/mol. The number of halogens is 1. The molecule has 2 rings (SSSR count). The van der Waals surface area contributed by atoms with Crippen molar-refractivity contribution < 1.29 is 9.50 Å². The SMILES string of the molecule is CC(C)c1ccc(CC(C)(O)c2ccc(F)cc2)cc1. The zero-order chi connectivity index (χ0) is 14.8. The maximum Gasteiger partial charge on any atom is 0.123 e. The van der Waals surface area contributed by atoms with Gasteiger partial charge in [-0.2, -0.15) is 0 Å². The molecule has 0 saturated heterocycles. The maximum absolute atomic E-state index is 12.9. The number of hydrogen-bond donors (Lipinski definition) is 1. The molecule has 2 heteroatoms. The minimum Gasteiger partial charge on any atom is -0.385 e. The first-order valence-electron chi connectivity index (χ1n) is 6.96. The Morgan fingerprint density at radius 2 is 1.55 bits per heavy atom. The van der Waals surface area contributed by atoms with Gasteiger partial charge in [0.2, 0.25) is 0 Å². The first kappa shape index (κ1) is 14.7. The lowest BCUT2D eigenvalue weighted by atomic mass is 9.88. The van der Waals surface area contributed by atoms with Gasteiger partial charge in [-0.15, -0.1) is 0 Å². The molecule has 0 radical (unpaired) electrons. The summed E-state index contributed by atoms with van der Waals surface area (Å²) in [6.07, 6.45) is 0.511. The topological polar surface area (TPSA) is 20.2 Å². The van der Waals surface area contributed by atoms with Gasteiger partial charge in [-0.1, -0.05) is 50.2 Å². The van der Waals surface area contributed by atoms with Crippen molar-refractivity contribution in [2.24, 2.45) is 0 Å². The van der Waals surface area contributed by atoms with Crippen LogP contribution in [0.15, 0.2) is 48.5 Å². The van der Waals surface area contributed by atoms with Crippen molar-refractivity contribution in [1.29, 1.82) is 0 Å². The molecule has 0 spiro atoms. The van der Waals surface area contributed by atoms with Crippen molar-refractivity contribution in [2.75, 3.05) is 0 Å². The third-order valence-corrected chi connectivity index (χ3v) is 3.66. The van der Waals surface area contributed by atoms with E-state index in [2.05, 4.69) is 26.0 Å². The Morgan fingerprint density at radius 3 is 2.05 bits per heavy atom. The van der Waals surface area contributed by atoms with E-state index in [1.165, 1.54) is 17.7 Å². The van der Waals surface area contributed by atoms with Gasteiger partial charge in [0.25, 0.3) is 0 Å². The molecule has 0 aromatic heterocycles. The fraction of sp³-hybridized carbons (Fsp3) is 0.333. The number of benzene rings is 2. The van der Waals surface area contributed by atoms with Crippen LogP contribution in [0.5, 0.6) is 0 Å². The zero-order valence-corrected chi connectivity index (χ0v) is 12.2. The van der Waals surface area contributed by atoms with Crippen molar-refractivity contribution in [2.45, 2.75) is 38.7 Å². The van der Waals surface area contributed by atoms with E-state index in [0.29, 0.717) is 12.3 Å². The second kappa shape index (κ2) is 5.76. The Hall–Kier alpha value is -1.67. The number of hydrogen-bond acceptors (Lipinski definition) is 1. The van der Waals surface area contributed by atoms with Crippen LogP contribution in [0.4, 0.5) is 4.39 Å². The molecule has 0 aliphatic carbocycles. The highest BCUT2D eigenvalue weighted by Crippen LogP contribution is 2.26. The molecule has 1 nitrogen and oxygen atoms in total. The number of aliphatic hydroxyl groups is 1. The Kier molecular flexibility index (Phi) is 4.24. The maximum atomic E-state index is 12.9. The molecule has 0 saturated carbocycles. The molecule has 2 aromatic carbocycles. The highest BCUT2D eigenvalue weighted by molar-refractivity contribution is 5.29. The predicted molar refractivity (Wildman–Crippen MR) is 80.2 cm³/mol. The highest BCUT2D eigenvalue weighted by atomic mass is 19.1. The van der Waals surface area contributed by atoms with Crippen LogP contribution >= 0.6 is 0 Å². The van der Waals surface area contributed by atoms with Gasteiger partial charge in [-0.3, -0.25) is 0 Å². The summed E-state index contributed by atoms with van der Waals surface area (Å²) in [6.45, 7) is 6.07. The van der Waals surface area contributed by atoms with E-state index in [9.17, 15) is 9.50 Å². The van der Waals surface area contributed by atoms with E-state index in [1.54, 1.807) is 19.1 Å². The predicted octanol–water partition coefficient (Wildman–Crippen LogP) is 4.40. The van der Waals surface area contributed by atoms with E-state index < -0.39 is 5.60 Å². The van der Waals surface area contributed by atoms with Crippen LogP contribution in [0.1, 0.15) is 43.4 Å². The molecule has 2 aromatic rings. The van der Waals surface area contributed by atoms with Crippen molar-refractivity contribution >= 4 is 0 Å². The highest BCUT2D eigenvalue weighted by Gasteiger charge is 2.23. The van der Waals surface area contributed by atoms with Crippen molar-refractivity contribution in [1.82, 2.24) is 0 Å². The van der Waals surface area contributed by atoms with E-state index in [0.717, 1.165) is 11.1 Å². The zero-order valence-electron chi connectivity index (χ0n) is 12.2. The fourth-order valence-electron chi connectivity index (χ4n) is 2.33. The average Bonchev–Trinajstić information content (AvgIpc) is 2.39. The van der Waals surface area contributed by atoms with Crippen LogP contribution in [0.3, 0.4) is 0 Å². The molecule has 0 aliphatic heterocycles. The molecule has 1 atom stereocenters. The molecule has 0 aliphatic rings. The minimum absolute atomic E-state index is 0.286. The quantitative estimate of drug-likeness (QED) is 0.874. The van der Waals surface area contributed by atoms with Gasteiger partial charge in [0.15, 0.2) is 0 Å². The van der Waals surface area contributed by atoms with E-state index >= 15 is 0 Å². The summed E-state index contributed by atoms with van der Waals surface area (Å²) in [7, 11) is 0. The summed E-state index contributed by atoms with van der Waals surface area (Å²) < 4.78 is 12.9. The Bertz CT molecular complexity index is 553. The van der Waals surface area contributed by atoms with Gasteiger partial charge in [0.05, 0.1) is 5.60 Å². The van der Waals surface area contributed by atoms with Gasteiger partial charge in [-0.05, 0) is 41.7 Å². The van der Waals surface area contributed by atoms with Crippen LogP contribution in [-0.4, -0.2) is 5.11 Å². The molecule has 0 bridgehead atoms. The summed E-state index contributed by atoms with van der Waals surface area (Å²) in [6, 6.07) is 14.3. The fourth-order valence-corrected chi connectivity index (χ4v) is 2.33. The lowest BCUT2D eigenvalue weighted by Gasteiger charge is -2.24. The summed E-state index contributed by atoms with van der Waals surface area (Å²) >= 11 is 0. The summed E-state index contributed by atoms with van der Waals surface area (Å²) in [4.78, 5) is 0. The molecule has 1 unspecified atom stereocenters. The third kappa shape index (κ3) is 3.45. The van der Waals surface area contributed by atoms with Crippen LogP contribution < -0.4 is 0 Å². The van der Waals surface area contributed by atoms with Crippen LogP contribution in [0.25, 0.3) is 0 Å². The van der Waals surface area contributed by atoms with Gasteiger partial charge in [-0.25, -0.2) is 4.39 Å². The Labute approximate surface area is 120 Å². The molecule has 106 valence electrons. The minimum atomic E-state index is -0.993. The van der Waals surface area contributed by atoms with Gasteiger partial charge >= 0.3 is 0 Å². The molecule has 0 heterocycles. The molecular weight excluding hydrogens is 251 g/mol. The van der Waals surface area contributed by atoms with Gasteiger partial charge in [0.1, 0.15) is 5.82 Å². The normalized spacial score (nSPS) is 14.3. The largest absolute Gasteiger partial charge is 0.385 e. The Balaban J connectivity index is 2.17. The summed E-state index contributed by atoms with van der Waals surface area (Å²) in [5, 5.41) is 10.6. The summed E-state index contributed by atoms with van der Waals surface area (Å²) in [5.41, 5.74) is 2.10. The summed E-state index contributed by atoms with van der Waals surface area (Å²) in [5.74, 6) is 0.215. The van der Waals surface area contributed by atoms with E-state index in [4.69, 9.17) is 0 Å². The lowest BCUT2D eigenvalue weighted by Crippen LogP contribution is -2.24. The van der Waals surface area contributed by atoms with Crippen LogP contribution in [0, 0.1) is 5.82 Å². The monoisotopic (exact) mass is 272 g/mol.